The van der Waals surface area contributed by atoms with Crippen LogP contribution in [0.5, 0.6) is 0 Å². The number of rotatable bonds is 13. The molecule has 0 bridgehead atoms. The van der Waals surface area contributed by atoms with Crippen molar-refractivity contribution >= 4 is 17.7 Å². The minimum Gasteiger partial charge on any atom is -0.465 e. The first-order valence-corrected chi connectivity index (χ1v) is 9.69. The van der Waals surface area contributed by atoms with Crippen molar-refractivity contribution in [2.45, 2.75) is 81.6 Å². The largest absolute Gasteiger partial charge is 0.465 e. The molecule has 12 heteroatoms. The van der Waals surface area contributed by atoms with Crippen molar-refractivity contribution in [3.63, 3.8) is 0 Å². The number of alkyl halides is 9. The van der Waals surface area contributed by atoms with Gasteiger partial charge in [-0.05, 0) is 25.5 Å². The Balaban J connectivity index is 4.86. The maximum Gasteiger partial charge on any atom is 0.460 e. The third-order valence-electron chi connectivity index (χ3n) is 3.78. The van der Waals surface area contributed by atoms with E-state index in [2.05, 4.69) is 0 Å². The summed E-state index contributed by atoms with van der Waals surface area (Å²) in [5.74, 6) is -20.0. The second-order valence-corrected chi connectivity index (χ2v) is 7.37. The molecule has 0 rings (SSSR count). The average Bonchev–Trinajstić information content (AvgIpc) is 2.55. The van der Waals surface area contributed by atoms with Crippen molar-refractivity contribution in [1.82, 2.24) is 0 Å². The first kappa shape index (κ1) is 27.2. The molecule has 0 aromatic rings. The summed E-state index contributed by atoms with van der Waals surface area (Å²) >= 11 is 0.822. The lowest BCUT2D eigenvalue weighted by atomic mass is 10.00. The van der Waals surface area contributed by atoms with E-state index in [0.29, 0.717) is 12.8 Å². The monoisotopic (exact) mass is 450 g/mol. The topological polar surface area (TPSA) is 26.3 Å². The van der Waals surface area contributed by atoms with Crippen molar-refractivity contribution in [1.29, 1.82) is 0 Å². The molecule has 0 heterocycles. The minimum atomic E-state index is -6.87. The van der Waals surface area contributed by atoms with E-state index in [4.69, 9.17) is 4.74 Å². The van der Waals surface area contributed by atoms with Gasteiger partial charge in [0, 0.05) is 6.42 Å². The van der Waals surface area contributed by atoms with Crippen LogP contribution in [0.15, 0.2) is 0 Å². The van der Waals surface area contributed by atoms with Gasteiger partial charge in [0.05, 0.1) is 6.61 Å². The number of carbonyl (C=O) groups excluding carboxylic acids is 1. The van der Waals surface area contributed by atoms with Gasteiger partial charge in [0.1, 0.15) is 5.25 Å². The molecule has 0 spiro atoms. The Bertz CT molecular complexity index is 481. The summed E-state index contributed by atoms with van der Waals surface area (Å²) in [5, 5.41) is -0.753. The molecule has 1 atom stereocenters. The minimum absolute atomic E-state index is 0.0699. The molecule has 0 aromatic carbocycles. The normalized spacial score (nSPS) is 14.8. The zero-order chi connectivity index (χ0) is 22.2. The highest BCUT2D eigenvalue weighted by Crippen LogP contribution is 2.54. The predicted molar refractivity (Wildman–Crippen MR) is 87.2 cm³/mol. The molecule has 0 aliphatic carbocycles. The van der Waals surface area contributed by atoms with E-state index >= 15 is 0 Å². The fourth-order valence-corrected chi connectivity index (χ4v) is 3.30. The van der Waals surface area contributed by atoms with Gasteiger partial charge < -0.3 is 4.74 Å². The zero-order valence-corrected chi connectivity index (χ0v) is 16.2. The number of carbonyl (C=O) groups is 1. The predicted octanol–water partition coefficient (Wildman–Crippen LogP) is 6.48. The lowest BCUT2D eigenvalue weighted by molar-refractivity contribution is -0.396. The number of halogens is 9. The van der Waals surface area contributed by atoms with Gasteiger partial charge in [-0.25, -0.2) is 0 Å². The first-order valence-electron chi connectivity index (χ1n) is 8.64. The van der Waals surface area contributed by atoms with Crippen molar-refractivity contribution < 1.29 is 49.0 Å². The molecule has 0 aliphatic heterocycles. The van der Waals surface area contributed by atoms with Crippen LogP contribution < -0.4 is 0 Å². The zero-order valence-electron chi connectivity index (χ0n) is 15.4. The molecule has 2 nitrogen and oxygen atoms in total. The summed E-state index contributed by atoms with van der Waals surface area (Å²) in [7, 11) is 0. The van der Waals surface area contributed by atoms with E-state index < -0.39 is 48.0 Å². The summed E-state index contributed by atoms with van der Waals surface area (Å²) in [6, 6.07) is 0. The highest BCUT2D eigenvalue weighted by Gasteiger charge is 2.81. The van der Waals surface area contributed by atoms with Gasteiger partial charge >= 0.3 is 29.9 Å². The van der Waals surface area contributed by atoms with Gasteiger partial charge in [-0.15, -0.1) is 11.8 Å². The van der Waals surface area contributed by atoms with Crippen LogP contribution >= 0.6 is 11.8 Å². The molecule has 0 N–H and O–H groups in total. The standard InChI is InChI=1S/C16H23F9O2S/c1-3-5-6-8-11(12(26)27-4-2)28-10-7-9-13(17,18)14(19,20)15(21,22)16(23,24)25/h11H,3-10H2,1-2H3. The Kier molecular flexibility index (Phi) is 10.5. The van der Waals surface area contributed by atoms with E-state index in [1.165, 1.54) is 0 Å². The molecule has 0 saturated heterocycles. The van der Waals surface area contributed by atoms with Gasteiger partial charge in [0.2, 0.25) is 0 Å². The molecule has 0 aliphatic rings. The summed E-state index contributed by atoms with van der Waals surface area (Å²) in [6.45, 7) is 3.53. The van der Waals surface area contributed by atoms with Crippen LogP contribution in [0.4, 0.5) is 39.5 Å². The van der Waals surface area contributed by atoms with E-state index in [9.17, 15) is 44.3 Å². The van der Waals surface area contributed by atoms with Crippen LogP contribution in [-0.4, -0.2) is 47.5 Å². The number of unbranched alkanes of at least 4 members (excludes halogenated alkanes) is 2. The highest BCUT2D eigenvalue weighted by molar-refractivity contribution is 8.00. The number of hydrogen-bond acceptors (Lipinski definition) is 3. The quantitative estimate of drug-likeness (QED) is 0.183. The van der Waals surface area contributed by atoms with E-state index in [1.54, 1.807) is 6.92 Å². The van der Waals surface area contributed by atoms with Crippen LogP contribution in [-0.2, 0) is 9.53 Å². The van der Waals surface area contributed by atoms with Crippen molar-refractivity contribution in [2.24, 2.45) is 0 Å². The lowest BCUT2D eigenvalue weighted by Crippen LogP contribution is -2.60. The van der Waals surface area contributed by atoms with Crippen molar-refractivity contribution in [3.8, 4) is 0 Å². The van der Waals surface area contributed by atoms with Crippen LogP contribution in [0.2, 0.25) is 0 Å². The van der Waals surface area contributed by atoms with Gasteiger partial charge in [0.15, 0.2) is 0 Å². The SMILES string of the molecule is CCCCCC(SCCCC(F)(F)C(F)(F)C(F)(F)C(F)(F)F)C(=O)OCC. The van der Waals surface area contributed by atoms with Crippen molar-refractivity contribution in [3.05, 3.63) is 0 Å². The van der Waals surface area contributed by atoms with Gasteiger partial charge in [-0.1, -0.05) is 26.2 Å². The maximum absolute atomic E-state index is 13.4. The van der Waals surface area contributed by atoms with Crippen molar-refractivity contribution in [2.75, 3.05) is 12.4 Å². The average molecular weight is 450 g/mol. The number of hydrogen-bond donors (Lipinski definition) is 0. The van der Waals surface area contributed by atoms with E-state index in [-0.39, 0.29) is 12.4 Å². The molecule has 168 valence electrons. The molecule has 0 amide bonds. The molecule has 0 aromatic heterocycles. The third kappa shape index (κ3) is 6.91. The van der Waals surface area contributed by atoms with E-state index in [1.807, 2.05) is 6.92 Å². The fraction of sp³-hybridized carbons (Fsp3) is 0.938. The number of esters is 1. The van der Waals surface area contributed by atoms with Crippen LogP contribution in [0, 0.1) is 0 Å². The van der Waals surface area contributed by atoms with Gasteiger partial charge in [-0.2, -0.15) is 39.5 Å². The second kappa shape index (κ2) is 10.8. The first-order chi connectivity index (χ1) is 12.7. The van der Waals surface area contributed by atoms with Crippen LogP contribution in [0.25, 0.3) is 0 Å². The molecular weight excluding hydrogens is 427 g/mol. The summed E-state index contributed by atoms with van der Waals surface area (Å²) in [6.07, 6.45) is -6.89. The van der Waals surface area contributed by atoms with E-state index in [0.717, 1.165) is 24.6 Å². The molecule has 0 saturated carbocycles. The summed E-state index contributed by atoms with van der Waals surface area (Å²) in [4.78, 5) is 11.8. The van der Waals surface area contributed by atoms with Crippen LogP contribution in [0.1, 0.15) is 52.4 Å². The Morgan fingerprint density at radius 3 is 1.93 bits per heavy atom. The molecule has 0 radical (unpaired) electrons. The second-order valence-electron chi connectivity index (χ2n) is 6.06. The molecular formula is C16H23F9O2S. The summed E-state index contributed by atoms with van der Waals surface area (Å²) in [5.41, 5.74) is 0. The Morgan fingerprint density at radius 1 is 0.893 bits per heavy atom. The molecule has 0 fully saturated rings. The Hall–Kier alpha value is -0.810. The Labute approximate surface area is 161 Å². The number of ether oxygens (including phenoxy) is 1. The van der Waals surface area contributed by atoms with Crippen LogP contribution in [0.3, 0.4) is 0 Å². The smallest absolute Gasteiger partial charge is 0.460 e. The fourth-order valence-electron chi connectivity index (χ4n) is 2.17. The molecule has 28 heavy (non-hydrogen) atoms. The van der Waals surface area contributed by atoms with Gasteiger partial charge in [-0.3, -0.25) is 4.79 Å². The number of thioether (sulfide) groups is 1. The highest BCUT2D eigenvalue weighted by atomic mass is 32.2. The van der Waals surface area contributed by atoms with Gasteiger partial charge in [0.25, 0.3) is 0 Å². The Morgan fingerprint density at radius 2 is 1.46 bits per heavy atom. The lowest BCUT2D eigenvalue weighted by Gasteiger charge is -2.33. The molecule has 1 unspecified atom stereocenters. The maximum atomic E-state index is 13.4. The summed E-state index contributed by atoms with van der Waals surface area (Å²) < 4.78 is 120. The third-order valence-corrected chi connectivity index (χ3v) is 5.14.